The van der Waals surface area contributed by atoms with Gasteiger partial charge in [0.1, 0.15) is 12.2 Å². The smallest absolute Gasteiger partial charge is 0.187 e. The predicted octanol–water partition coefficient (Wildman–Crippen LogP) is -0.394. The highest BCUT2D eigenvalue weighted by Crippen LogP contribution is 2.37. The molecule has 0 aromatic carbocycles. The summed E-state index contributed by atoms with van der Waals surface area (Å²) in [6, 6.07) is 0. The molecule has 0 bridgehead atoms. The van der Waals surface area contributed by atoms with Crippen molar-refractivity contribution in [1.82, 2.24) is 0 Å². The zero-order valence-corrected chi connectivity index (χ0v) is 8.34. The Morgan fingerprint density at radius 2 is 2.14 bits per heavy atom. The first-order valence-electron chi connectivity index (χ1n) is 4.82. The van der Waals surface area contributed by atoms with E-state index in [1.165, 1.54) is 0 Å². The molecule has 0 amide bonds. The van der Waals surface area contributed by atoms with Gasteiger partial charge in [-0.25, -0.2) is 0 Å². The van der Waals surface area contributed by atoms with E-state index in [4.69, 9.17) is 19.3 Å². The molecule has 2 aliphatic rings. The van der Waals surface area contributed by atoms with Gasteiger partial charge in [0, 0.05) is 6.42 Å². The summed E-state index contributed by atoms with van der Waals surface area (Å²) in [5.41, 5.74) is 0. The van der Waals surface area contributed by atoms with Crippen LogP contribution in [0.4, 0.5) is 0 Å². The van der Waals surface area contributed by atoms with Crippen LogP contribution in [-0.4, -0.2) is 47.2 Å². The Labute approximate surface area is 82.6 Å². The quantitative estimate of drug-likeness (QED) is 0.641. The third-order valence-corrected chi connectivity index (χ3v) is 2.53. The van der Waals surface area contributed by atoms with E-state index in [9.17, 15) is 5.11 Å². The van der Waals surface area contributed by atoms with Gasteiger partial charge in [0.25, 0.3) is 0 Å². The molecule has 2 saturated heterocycles. The highest BCUT2D eigenvalue weighted by molar-refractivity contribution is 4.87. The molecule has 2 heterocycles. The second-order valence-electron chi connectivity index (χ2n) is 4.20. The Morgan fingerprint density at radius 1 is 1.43 bits per heavy atom. The average Bonchev–Trinajstić information content (AvgIpc) is 2.56. The second-order valence-corrected chi connectivity index (χ2v) is 4.20. The molecule has 2 aliphatic heterocycles. The summed E-state index contributed by atoms with van der Waals surface area (Å²) in [5.74, 6) is -0.607. The first-order valence-corrected chi connectivity index (χ1v) is 4.82. The van der Waals surface area contributed by atoms with Crippen LogP contribution < -0.4 is 0 Å². The highest BCUT2D eigenvalue weighted by Gasteiger charge is 2.49. The van der Waals surface area contributed by atoms with Crippen molar-refractivity contribution in [2.75, 3.05) is 6.61 Å². The third-order valence-electron chi connectivity index (χ3n) is 2.53. The van der Waals surface area contributed by atoms with Crippen molar-refractivity contribution in [3.05, 3.63) is 0 Å². The molecule has 0 spiro atoms. The van der Waals surface area contributed by atoms with Crippen molar-refractivity contribution in [2.45, 2.75) is 50.7 Å². The molecule has 0 aromatic rings. The fourth-order valence-corrected chi connectivity index (χ4v) is 1.90. The summed E-state index contributed by atoms with van der Waals surface area (Å²) in [5, 5.41) is 18.1. The zero-order valence-electron chi connectivity index (χ0n) is 8.34. The van der Waals surface area contributed by atoms with Crippen LogP contribution in [0.2, 0.25) is 0 Å². The van der Waals surface area contributed by atoms with Crippen LogP contribution in [0.15, 0.2) is 0 Å². The van der Waals surface area contributed by atoms with Gasteiger partial charge in [0.15, 0.2) is 12.1 Å². The molecule has 4 atom stereocenters. The molecule has 0 aliphatic carbocycles. The van der Waals surface area contributed by atoms with Crippen LogP contribution in [0.1, 0.15) is 20.3 Å². The van der Waals surface area contributed by atoms with E-state index < -0.39 is 18.2 Å². The van der Waals surface area contributed by atoms with Crippen molar-refractivity contribution in [1.29, 1.82) is 0 Å². The van der Waals surface area contributed by atoms with Crippen molar-refractivity contribution in [3.63, 3.8) is 0 Å². The number of ether oxygens (including phenoxy) is 3. The van der Waals surface area contributed by atoms with Gasteiger partial charge in [0.05, 0.1) is 12.7 Å². The zero-order chi connectivity index (χ0) is 10.3. The third kappa shape index (κ3) is 1.78. The van der Waals surface area contributed by atoms with Crippen LogP contribution >= 0.6 is 0 Å². The van der Waals surface area contributed by atoms with E-state index in [2.05, 4.69) is 0 Å². The Hall–Kier alpha value is -0.200. The number of aliphatic hydroxyl groups excluding tert-OH is 2. The summed E-state index contributed by atoms with van der Waals surface area (Å²) < 4.78 is 16.4. The normalized spacial score (nSPS) is 42.4. The van der Waals surface area contributed by atoms with Gasteiger partial charge in [-0.05, 0) is 13.8 Å². The topological polar surface area (TPSA) is 68.2 Å². The molecule has 0 unspecified atom stereocenters. The van der Waals surface area contributed by atoms with Gasteiger partial charge in [-0.3, -0.25) is 0 Å². The molecule has 0 radical (unpaired) electrons. The predicted molar refractivity (Wildman–Crippen MR) is 46.4 cm³/mol. The number of rotatable bonds is 2. The van der Waals surface area contributed by atoms with Gasteiger partial charge in [-0.15, -0.1) is 0 Å². The molecule has 0 saturated carbocycles. The van der Waals surface area contributed by atoms with Crippen LogP contribution in [0.3, 0.4) is 0 Å². The average molecular weight is 204 g/mol. The molecule has 2 rings (SSSR count). The maximum Gasteiger partial charge on any atom is 0.187 e. The van der Waals surface area contributed by atoms with Gasteiger partial charge in [-0.2, -0.15) is 0 Å². The van der Waals surface area contributed by atoms with Gasteiger partial charge in [0.2, 0.25) is 0 Å². The molecular formula is C9H16O5. The first-order chi connectivity index (χ1) is 6.52. The van der Waals surface area contributed by atoms with Crippen LogP contribution in [0.5, 0.6) is 0 Å². The van der Waals surface area contributed by atoms with Crippen molar-refractivity contribution in [3.8, 4) is 0 Å². The fraction of sp³-hybridized carbons (Fsp3) is 1.00. The molecule has 5 heteroatoms. The van der Waals surface area contributed by atoms with E-state index >= 15 is 0 Å². The van der Waals surface area contributed by atoms with E-state index in [0.29, 0.717) is 6.42 Å². The molecule has 5 nitrogen and oxygen atoms in total. The maximum atomic E-state index is 9.36. The van der Waals surface area contributed by atoms with Gasteiger partial charge < -0.3 is 24.4 Å². The number of fused-ring (bicyclic) bond motifs is 1. The molecule has 82 valence electrons. The number of hydrogen-bond donors (Lipinski definition) is 2. The van der Waals surface area contributed by atoms with Gasteiger partial charge >= 0.3 is 0 Å². The van der Waals surface area contributed by atoms with Crippen molar-refractivity contribution in [2.24, 2.45) is 0 Å². The minimum absolute atomic E-state index is 0.129. The summed E-state index contributed by atoms with van der Waals surface area (Å²) >= 11 is 0. The number of hydrogen-bond acceptors (Lipinski definition) is 5. The molecular weight excluding hydrogens is 188 g/mol. The van der Waals surface area contributed by atoms with Crippen molar-refractivity contribution >= 4 is 0 Å². The Morgan fingerprint density at radius 3 is 2.71 bits per heavy atom. The molecule has 2 N–H and O–H groups in total. The maximum absolute atomic E-state index is 9.36. The minimum Gasteiger partial charge on any atom is -0.394 e. The largest absolute Gasteiger partial charge is 0.394 e. The summed E-state index contributed by atoms with van der Waals surface area (Å²) in [7, 11) is 0. The van der Waals surface area contributed by atoms with E-state index in [1.54, 1.807) is 0 Å². The summed E-state index contributed by atoms with van der Waals surface area (Å²) in [6.45, 7) is 3.35. The number of aliphatic hydroxyl groups is 2. The first kappa shape index (κ1) is 10.3. The van der Waals surface area contributed by atoms with Crippen LogP contribution in [-0.2, 0) is 14.2 Å². The highest BCUT2D eigenvalue weighted by atomic mass is 16.8. The lowest BCUT2D eigenvalue weighted by atomic mass is 10.1. The van der Waals surface area contributed by atoms with Crippen LogP contribution in [0.25, 0.3) is 0 Å². The van der Waals surface area contributed by atoms with E-state index in [-0.39, 0.29) is 18.8 Å². The lowest BCUT2D eigenvalue weighted by Gasteiger charge is -2.22. The molecule has 2 fully saturated rings. The van der Waals surface area contributed by atoms with Gasteiger partial charge in [-0.1, -0.05) is 0 Å². The minimum atomic E-state index is -0.851. The Balaban J connectivity index is 1.93. The summed E-state index contributed by atoms with van der Waals surface area (Å²) in [6.07, 6.45) is -1.20. The van der Waals surface area contributed by atoms with E-state index in [0.717, 1.165) is 0 Å². The second kappa shape index (κ2) is 3.43. The standard InChI is InChI=1S/C9H16O5/c1-9(2)13-7-3-6(5(11)4-10)12-8(7)14-9/h5-8,10-11H,3-4H2,1-2H3/t5-,6+,7-,8+/m1/s1. The molecule has 14 heavy (non-hydrogen) atoms. The Bertz CT molecular complexity index is 201. The molecule has 0 aromatic heterocycles. The van der Waals surface area contributed by atoms with Crippen molar-refractivity contribution < 1.29 is 24.4 Å². The lowest BCUT2D eigenvalue weighted by molar-refractivity contribution is -0.215. The summed E-state index contributed by atoms with van der Waals surface area (Å²) in [4.78, 5) is 0. The SMILES string of the molecule is CC1(C)O[C@@H]2O[C@H]([C@H](O)CO)C[C@H]2O1. The lowest BCUT2D eigenvalue weighted by Crippen LogP contribution is -2.32. The fourth-order valence-electron chi connectivity index (χ4n) is 1.90. The monoisotopic (exact) mass is 204 g/mol. The van der Waals surface area contributed by atoms with E-state index in [1.807, 2.05) is 13.8 Å². The van der Waals surface area contributed by atoms with Crippen LogP contribution in [0, 0.1) is 0 Å². The Kier molecular flexibility index (Phi) is 2.53.